The summed E-state index contributed by atoms with van der Waals surface area (Å²) in [5, 5.41) is 3.06. The molecule has 0 saturated carbocycles. The Morgan fingerprint density at radius 1 is 1.53 bits per heavy atom. The molecule has 0 radical (unpaired) electrons. The summed E-state index contributed by atoms with van der Waals surface area (Å²) >= 11 is 1.49. The summed E-state index contributed by atoms with van der Waals surface area (Å²) in [6.07, 6.45) is 3.46. The van der Waals surface area contributed by atoms with E-state index in [-0.39, 0.29) is 6.04 Å². The van der Waals surface area contributed by atoms with Gasteiger partial charge < -0.3 is 5.73 Å². The molecule has 6 heteroatoms. The van der Waals surface area contributed by atoms with E-state index in [1.165, 1.54) is 11.8 Å². The number of aliphatic imine (C=N–C) groups is 1. The lowest BCUT2D eigenvalue weighted by Crippen LogP contribution is -2.32. The first-order chi connectivity index (χ1) is 7.25. The van der Waals surface area contributed by atoms with E-state index in [2.05, 4.69) is 15.3 Å². The Labute approximate surface area is 91.2 Å². The van der Waals surface area contributed by atoms with Crippen molar-refractivity contribution in [1.82, 2.24) is 10.3 Å². The van der Waals surface area contributed by atoms with E-state index in [1.54, 1.807) is 12.4 Å². The van der Waals surface area contributed by atoms with Gasteiger partial charge in [-0.2, -0.15) is 0 Å². The number of nitrogens with two attached hydrogens (primary N) is 1. The highest BCUT2D eigenvalue weighted by Crippen LogP contribution is 2.28. The number of carbonyl (C=O) groups is 1. The quantitative estimate of drug-likeness (QED) is 0.740. The largest absolute Gasteiger partial charge is 0.351 e. The Balaban J connectivity index is 2.09. The molecule has 1 aromatic rings. The lowest BCUT2D eigenvalue weighted by atomic mass is 10.1. The van der Waals surface area contributed by atoms with Crippen molar-refractivity contribution in [2.45, 2.75) is 6.04 Å². The zero-order valence-corrected chi connectivity index (χ0v) is 8.70. The Kier molecular flexibility index (Phi) is 2.86. The van der Waals surface area contributed by atoms with Crippen molar-refractivity contribution in [3.8, 4) is 0 Å². The summed E-state index contributed by atoms with van der Waals surface area (Å²) < 4.78 is 0. The standard InChI is InChI=1S/C9H10N4OS/c10-8(14)13-9-12-7(5-15-9)6-1-3-11-4-2-6/h1-4,7H,5H2,(H3,10,12,13,14). The first-order valence-corrected chi connectivity index (χ1v) is 5.41. The van der Waals surface area contributed by atoms with Gasteiger partial charge in [0.05, 0.1) is 6.04 Å². The molecule has 3 N–H and O–H groups in total. The number of carbonyl (C=O) groups excluding carboxylic acids is 1. The van der Waals surface area contributed by atoms with Gasteiger partial charge in [0.15, 0.2) is 5.17 Å². The van der Waals surface area contributed by atoms with E-state index in [0.29, 0.717) is 5.17 Å². The van der Waals surface area contributed by atoms with Gasteiger partial charge in [0.25, 0.3) is 0 Å². The third-order valence-electron chi connectivity index (χ3n) is 1.97. The average Bonchev–Trinajstić information content (AvgIpc) is 2.67. The van der Waals surface area contributed by atoms with Crippen LogP contribution in [-0.4, -0.2) is 21.9 Å². The maximum atomic E-state index is 10.6. The minimum absolute atomic E-state index is 0.0832. The number of hydrogen-bond donors (Lipinski definition) is 2. The van der Waals surface area contributed by atoms with E-state index in [0.717, 1.165) is 11.3 Å². The van der Waals surface area contributed by atoms with Gasteiger partial charge in [-0.3, -0.25) is 15.3 Å². The lowest BCUT2D eigenvalue weighted by Gasteiger charge is -2.03. The summed E-state index contributed by atoms with van der Waals surface area (Å²) in [6.45, 7) is 0. The molecule has 0 spiro atoms. The Hall–Kier alpha value is -1.56. The molecule has 1 aliphatic rings. The Morgan fingerprint density at radius 2 is 2.27 bits per heavy atom. The van der Waals surface area contributed by atoms with E-state index >= 15 is 0 Å². The smallest absolute Gasteiger partial charge is 0.318 e. The molecule has 1 aromatic heterocycles. The fourth-order valence-electron chi connectivity index (χ4n) is 1.30. The molecule has 2 rings (SSSR count). The molecular weight excluding hydrogens is 212 g/mol. The van der Waals surface area contributed by atoms with Crippen LogP contribution in [0.4, 0.5) is 4.79 Å². The van der Waals surface area contributed by atoms with Crippen molar-refractivity contribution in [1.29, 1.82) is 0 Å². The molecule has 78 valence electrons. The maximum Gasteiger partial charge on any atom is 0.318 e. The molecule has 0 bridgehead atoms. The van der Waals surface area contributed by atoms with Gasteiger partial charge in [0.1, 0.15) is 0 Å². The van der Waals surface area contributed by atoms with E-state index in [4.69, 9.17) is 5.73 Å². The number of nitrogens with one attached hydrogen (secondary N) is 1. The topological polar surface area (TPSA) is 80.4 Å². The number of urea groups is 1. The molecule has 15 heavy (non-hydrogen) atoms. The summed E-state index contributed by atoms with van der Waals surface area (Å²) in [4.78, 5) is 18.9. The maximum absolute atomic E-state index is 10.6. The number of thioether (sulfide) groups is 1. The number of pyridine rings is 1. The first kappa shape index (κ1) is 9.97. The lowest BCUT2D eigenvalue weighted by molar-refractivity contribution is 0.253. The summed E-state index contributed by atoms with van der Waals surface area (Å²) in [5.74, 6) is 0.819. The third kappa shape index (κ3) is 2.47. The molecule has 2 amide bonds. The van der Waals surface area contributed by atoms with Crippen molar-refractivity contribution in [2.24, 2.45) is 10.7 Å². The second-order valence-electron chi connectivity index (χ2n) is 3.03. The van der Waals surface area contributed by atoms with Gasteiger partial charge in [0.2, 0.25) is 0 Å². The van der Waals surface area contributed by atoms with Crippen LogP contribution in [-0.2, 0) is 0 Å². The molecule has 0 saturated heterocycles. The number of rotatable bonds is 1. The molecular formula is C9H10N4OS. The van der Waals surface area contributed by atoms with Crippen LogP contribution in [0.1, 0.15) is 11.6 Å². The van der Waals surface area contributed by atoms with Crippen molar-refractivity contribution >= 4 is 23.0 Å². The van der Waals surface area contributed by atoms with Gasteiger partial charge in [-0.15, -0.1) is 0 Å². The van der Waals surface area contributed by atoms with Gasteiger partial charge in [-0.25, -0.2) is 4.79 Å². The van der Waals surface area contributed by atoms with Gasteiger partial charge in [-0.1, -0.05) is 11.8 Å². The van der Waals surface area contributed by atoms with Gasteiger partial charge >= 0.3 is 6.03 Å². The average molecular weight is 222 g/mol. The van der Waals surface area contributed by atoms with Crippen molar-refractivity contribution in [3.05, 3.63) is 30.1 Å². The van der Waals surface area contributed by atoms with Crippen LogP contribution in [0, 0.1) is 0 Å². The predicted octanol–water partition coefficient (Wildman–Crippen LogP) is 0.894. The van der Waals surface area contributed by atoms with Crippen LogP contribution in [0.3, 0.4) is 0 Å². The van der Waals surface area contributed by atoms with E-state index in [1.807, 2.05) is 12.1 Å². The summed E-state index contributed by atoms with van der Waals surface area (Å²) in [5.41, 5.74) is 6.10. The van der Waals surface area contributed by atoms with Crippen LogP contribution in [0.5, 0.6) is 0 Å². The van der Waals surface area contributed by atoms with Crippen LogP contribution in [0.25, 0.3) is 0 Å². The molecule has 0 fully saturated rings. The molecule has 2 heterocycles. The molecule has 1 aliphatic heterocycles. The SMILES string of the molecule is NC(=O)NC1=NC(c2ccncc2)CS1. The summed E-state index contributed by atoms with van der Waals surface area (Å²) in [7, 11) is 0. The Morgan fingerprint density at radius 3 is 2.93 bits per heavy atom. The molecule has 1 atom stereocenters. The van der Waals surface area contributed by atoms with Gasteiger partial charge in [-0.05, 0) is 17.7 Å². The monoisotopic (exact) mass is 222 g/mol. The van der Waals surface area contributed by atoms with E-state index < -0.39 is 6.03 Å². The zero-order valence-electron chi connectivity index (χ0n) is 7.88. The van der Waals surface area contributed by atoms with E-state index in [9.17, 15) is 4.79 Å². The highest BCUT2D eigenvalue weighted by Gasteiger charge is 2.20. The highest BCUT2D eigenvalue weighted by molar-refractivity contribution is 8.14. The normalized spacial score (nSPS) is 19.7. The van der Waals surface area contributed by atoms with Crippen LogP contribution in [0.2, 0.25) is 0 Å². The molecule has 5 nitrogen and oxygen atoms in total. The first-order valence-electron chi connectivity index (χ1n) is 4.42. The highest BCUT2D eigenvalue weighted by atomic mass is 32.2. The zero-order chi connectivity index (χ0) is 10.7. The van der Waals surface area contributed by atoms with Crippen LogP contribution >= 0.6 is 11.8 Å². The number of primary amides is 1. The Bertz CT molecular complexity index is 392. The third-order valence-corrected chi connectivity index (χ3v) is 2.94. The number of nitrogens with zero attached hydrogens (tertiary/aromatic N) is 2. The molecule has 1 unspecified atom stereocenters. The van der Waals surface area contributed by atoms with Crippen LogP contribution < -0.4 is 11.1 Å². The second kappa shape index (κ2) is 4.31. The number of amides is 2. The minimum Gasteiger partial charge on any atom is -0.351 e. The molecule has 0 aliphatic carbocycles. The number of aromatic nitrogens is 1. The molecule has 0 aromatic carbocycles. The number of amidine groups is 1. The van der Waals surface area contributed by atoms with Gasteiger partial charge in [0, 0.05) is 18.1 Å². The predicted molar refractivity (Wildman–Crippen MR) is 59.6 cm³/mol. The fourth-order valence-corrected chi connectivity index (χ4v) is 2.26. The fraction of sp³-hybridized carbons (Fsp3) is 0.222. The van der Waals surface area contributed by atoms with Crippen LogP contribution in [0.15, 0.2) is 29.5 Å². The van der Waals surface area contributed by atoms with Crippen molar-refractivity contribution < 1.29 is 4.79 Å². The minimum atomic E-state index is -0.573. The van der Waals surface area contributed by atoms with Crippen molar-refractivity contribution in [3.63, 3.8) is 0 Å². The second-order valence-corrected chi connectivity index (χ2v) is 4.04. The van der Waals surface area contributed by atoms with Crippen molar-refractivity contribution in [2.75, 3.05) is 5.75 Å². The number of hydrogen-bond acceptors (Lipinski definition) is 4. The summed E-state index contributed by atoms with van der Waals surface area (Å²) in [6, 6.07) is 3.35.